The van der Waals surface area contributed by atoms with Gasteiger partial charge in [0.1, 0.15) is 12.3 Å². The van der Waals surface area contributed by atoms with E-state index in [9.17, 15) is 9.59 Å². The summed E-state index contributed by atoms with van der Waals surface area (Å²) in [5.41, 5.74) is 0.578. The van der Waals surface area contributed by atoms with Crippen molar-refractivity contribution in [3.8, 4) is 5.75 Å². The van der Waals surface area contributed by atoms with Crippen molar-refractivity contribution in [3.63, 3.8) is 0 Å². The number of carbonyl (C=O) groups excluding carboxylic acids is 2. The van der Waals surface area contributed by atoms with Crippen molar-refractivity contribution in [1.29, 1.82) is 0 Å². The molecule has 6 heteroatoms. The second kappa shape index (κ2) is 6.15. The predicted octanol–water partition coefficient (Wildman–Crippen LogP) is 3.01. The van der Waals surface area contributed by atoms with Gasteiger partial charge >= 0.3 is 0 Å². The maximum atomic E-state index is 12.8. The first kappa shape index (κ1) is 16.4. The average molecular weight is 375 g/mol. The van der Waals surface area contributed by atoms with Crippen LogP contribution in [0.25, 0.3) is 0 Å². The Bertz CT molecular complexity index is 737. The van der Waals surface area contributed by atoms with Gasteiger partial charge < -0.3 is 10.1 Å². The molecule has 4 fully saturated rings. The van der Waals surface area contributed by atoms with Crippen LogP contribution >= 0.6 is 11.6 Å². The fraction of sp³-hybridized carbons (Fsp3) is 0.600. The number of halogens is 1. The first-order chi connectivity index (χ1) is 12.6. The number of ether oxygens (including phenoxy) is 1. The molecule has 5 nitrogen and oxygen atoms in total. The van der Waals surface area contributed by atoms with E-state index in [4.69, 9.17) is 16.3 Å². The van der Waals surface area contributed by atoms with Crippen molar-refractivity contribution in [3.05, 3.63) is 23.2 Å². The SMILES string of the molecule is O=C(CN1C(=O)COc2ccc(Cl)cc21)NC1C2CC3CC(C2)CC1C3. The highest BCUT2D eigenvalue weighted by molar-refractivity contribution is 6.31. The smallest absolute Gasteiger partial charge is 0.265 e. The Kier molecular flexibility index (Phi) is 3.89. The van der Waals surface area contributed by atoms with Gasteiger partial charge in [-0.2, -0.15) is 0 Å². The van der Waals surface area contributed by atoms with Crippen LogP contribution in [-0.4, -0.2) is 31.0 Å². The maximum absolute atomic E-state index is 12.8. The monoisotopic (exact) mass is 374 g/mol. The van der Waals surface area contributed by atoms with Crippen molar-refractivity contribution in [2.24, 2.45) is 23.7 Å². The van der Waals surface area contributed by atoms with E-state index in [1.165, 1.54) is 37.0 Å². The van der Waals surface area contributed by atoms with Gasteiger partial charge in [0.15, 0.2) is 6.61 Å². The minimum atomic E-state index is -0.208. The molecule has 6 rings (SSSR count). The summed E-state index contributed by atoms with van der Waals surface area (Å²) in [6.45, 7) is -0.0156. The molecule has 0 aromatic heterocycles. The Morgan fingerprint density at radius 2 is 1.85 bits per heavy atom. The number of nitrogens with one attached hydrogen (secondary N) is 1. The fourth-order valence-electron chi connectivity index (χ4n) is 5.88. The predicted molar refractivity (Wildman–Crippen MR) is 98.3 cm³/mol. The molecule has 4 aliphatic carbocycles. The van der Waals surface area contributed by atoms with E-state index in [1.54, 1.807) is 18.2 Å². The quantitative estimate of drug-likeness (QED) is 0.884. The summed E-state index contributed by atoms with van der Waals surface area (Å²) >= 11 is 6.07. The standard InChI is InChI=1S/C20H23ClN2O3/c21-15-1-2-17-16(8-15)23(19(25)10-26-17)9-18(24)22-20-13-4-11-3-12(6-13)7-14(20)5-11/h1-2,8,11-14,20H,3-7,9-10H2,(H,22,24). The minimum Gasteiger partial charge on any atom is -0.482 e. The zero-order valence-corrected chi connectivity index (χ0v) is 15.4. The molecule has 5 aliphatic rings. The summed E-state index contributed by atoms with van der Waals surface area (Å²) in [6, 6.07) is 5.44. The molecule has 138 valence electrons. The van der Waals surface area contributed by atoms with Crippen LogP contribution in [0.15, 0.2) is 18.2 Å². The third kappa shape index (κ3) is 2.77. The molecular formula is C20H23ClN2O3. The summed E-state index contributed by atoms with van der Waals surface area (Å²) in [4.78, 5) is 26.6. The lowest BCUT2D eigenvalue weighted by molar-refractivity contribution is -0.127. The van der Waals surface area contributed by atoms with E-state index in [0.29, 0.717) is 28.3 Å². The van der Waals surface area contributed by atoms with Gasteiger partial charge in [0, 0.05) is 11.1 Å². The molecule has 26 heavy (non-hydrogen) atoms. The van der Waals surface area contributed by atoms with E-state index in [2.05, 4.69) is 5.32 Å². The highest BCUT2D eigenvalue weighted by Crippen LogP contribution is 2.53. The Balaban J connectivity index is 1.30. The van der Waals surface area contributed by atoms with Crippen LogP contribution in [-0.2, 0) is 9.59 Å². The molecule has 4 bridgehead atoms. The summed E-state index contributed by atoms with van der Waals surface area (Å²) in [6.07, 6.45) is 6.42. The topological polar surface area (TPSA) is 58.6 Å². The van der Waals surface area contributed by atoms with Gasteiger partial charge in [0.05, 0.1) is 5.69 Å². The highest BCUT2D eigenvalue weighted by atomic mass is 35.5. The maximum Gasteiger partial charge on any atom is 0.265 e. The summed E-state index contributed by atoms with van der Waals surface area (Å²) in [7, 11) is 0. The Morgan fingerprint density at radius 3 is 2.54 bits per heavy atom. The molecule has 0 atom stereocenters. The van der Waals surface area contributed by atoms with Crippen LogP contribution in [0.1, 0.15) is 32.1 Å². The lowest BCUT2D eigenvalue weighted by Crippen LogP contribution is -2.57. The Labute approximate surface area is 158 Å². The average Bonchev–Trinajstić information content (AvgIpc) is 2.60. The number of fused-ring (bicyclic) bond motifs is 1. The molecule has 0 radical (unpaired) electrons. The molecule has 1 aromatic rings. The van der Waals surface area contributed by atoms with Crippen LogP contribution in [0.2, 0.25) is 5.02 Å². The van der Waals surface area contributed by atoms with Gasteiger partial charge in [-0.25, -0.2) is 0 Å². The molecule has 0 saturated heterocycles. The lowest BCUT2D eigenvalue weighted by atomic mass is 9.54. The number of hydrogen-bond donors (Lipinski definition) is 1. The van der Waals surface area contributed by atoms with Crippen molar-refractivity contribution in [2.75, 3.05) is 18.1 Å². The van der Waals surface area contributed by atoms with Gasteiger partial charge in [-0.05, 0) is 74.0 Å². The summed E-state index contributed by atoms with van der Waals surface area (Å²) in [5.74, 6) is 3.30. The van der Waals surface area contributed by atoms with Gasteiger partial charge in [0.2, 0.25) is 5.91 Å². The van der Waals surface area contributed by atoms with E-state index in [0.717, 1.165) is 11.8 Å². The zero-order valence-electron chi connectivity index (χ0n) is 14.6. The van der Waals surface area contributed by atoms with E-state index in [-0.39, 0.29) is 31.0 Å². The van der Waals surface area contributed by atoms with Crippen molar-refractivity contribution in [2.45, 2.75) is 38.1 Å². The fourth-order valence-corrected chi connectivity index (χ4v) is 6.05. The van der Waals surface area contributed by atoms with Crippen LogP contribution in [0, 0.1) is 23.7 Å². The van der Waals surface area contributed by atoms with Crippen molar-refractivity contribution < 1.29 is 14.3 Å². The van der Waals surface area contributed by atoms with Gasteiger partial charge in [0.25, 0.3) is 5.91 Å². The Hall–Kier alpha value is -1.75. The van der Waals surface area contributed by atoms with Crippen LogP contribution < -0.4 is 15.0 Å². The van der Waals surface area contributed by atoms with Crippen molar-refractivity contribution >= 4 is 29.1 Å². The number of anilines is 1. The number of nitrogens with zero attached hydrogens (tertiary/aromatic N) is 1. The summed E-state index contributed by atoms with van der Waals surface area (Å²) < 4.78 is 5.45. The molecule has 1 aliphatic heterocycles. The summed E-state index contributed by atoms with van der Waals surface area (Å²) in [5, 5.41) is 3.79. The van der Waals surface area contributed by atoms with Gasteiger partial charge in [-0.1, -0.05) is 11.6 Å². The molecule has 4 saturated carbocycles. The van der Waals surface area contributed by atoms with Crippen molar-refractivity contribution in [1.82, 2.24) is 5.32 Å². The molecule has 0 spiro atoms. The minimum absolute atomic E-state index is 0.0261. The largest absolute Gasteiger partial charge is 0.482 e. The number of rotatable bonds is 3. The first-order valence-electron chi connectivity index (χ1n) is 9.59. The number of hydrogen-bond acceptors (Lipinski definition) is 3. The van der Waals surface area contributed by atoms with E-state index < -0.39 is 0 Å². The highest BCUT2D eigenvalue weighted by Gasteiger charge is 2.48. The van der Waals surface area contributed by atoms with E-state index in [1.807, 2.05) is 0 Å². The van der Waals surface area contributed by atoms with Crippen LogP contribution in [0.5, 0.6) is 5.75 Å². The molecule has 1 aromatic carbocycles. The molecule has 1 N–H and O–H groups in total. The second-order valence-corrected chi connectivity index (χ2v) is 8.84. The third-order valence-electron chi connectivity index (χ3n) is 6.72. The van der Waals surface area contributed by atoms with Crippen LogP contribution in [0.4, 0.5) is 5.69 Å². The third-order valence-corrected chi connectivity index (χ3v) is 6.96. The Morgan fingerprint density at radius 1 is 1.15 bits per heavy atom. The van der Waals surface area contributed by atoms with Gasteiger partial charge in [-0.15, -0.1) is 0 Å². The van der Waals surface area contributed by atoms with E-state index >= 15 is 0 Å². The molecule has 2 amide bonds. The zero-order chi connectivity index (χ0) is 17.8. The molecular weight excluding hydrogens is 352 g/mol. The lowest BCUT2D eigenvalue weighted by Gasteiger charge is -2.54. The first-order valence-corrected chi connectivity index (χ1v) is 9.96. The van der Waals surface area contributed by atoms with Crippen LogP contribution in [0.3, 0.4) is 0 Å². The second-order valence-electron chi connectivity index (χ2n) is 8.40. The number of benzene rings is 1. The number of amides is 2. The number of carbonyl (C=O) groups is 2. The molecule has 1 heterocycles. The van der Waals surface area contributed by atoms with Gasteiger partial charge in [-0.3, -0.25) is 14.5 Å². The molecule has 0 unspecified atom stereocenters. The normalized spacial score (nSPS) is 34.4.